The minimum absolute atomic E-state index is 0.285. The third-order valence-corrected chi connectivity index (χ3v) is 2.02. The lowest BCUT2D eigenvalue weighted by molar-refractivity contribution is -0.135. The number of imidazole rings is 1. The summed E-state index contributed by atoms with van der Waals surface area (Å²) in [5, 5.41) is 0. The van der Waals surface area contributed by atoms with Crippen molar-refractivity contribution < 1.29 is 14.3 Å². The predicted octanol–water partition coefficient (Wildman–Crippen LogP) is 0.690. The Bertz CT molecular complexity index is 530. The number of pyridine rings is 1. The van der Waals surface area contributed by atoms with Gasteiger partial charge in [-0.3, -0.25) is 4.79 Å². The summed E-state index contributed by atoms with van der Waals surface area (Å²) in [4.78, 5) is 26.4. The molecule has 0 saturated heterocycles. The maximum Gasteiger partial charge on any atom is 0.379 e. The van der Waals surface area contributed by atoms with E-state index in [2.05, 4.69) is 9.72 Å². The molecule has 0 aliphatic carbocycles. The van der Waals surface area contributed by atoms with Crippen molar-refractivity contribution in [2.45, 2.75) is 0 Å². The lowest BCUT2D eigenvalue weighted by Gasteiger charge is -1.99. The van der Waals surface area contributed by atoms with Gasteiger partial charge in [-0.05, 0) is 12.1 Å². The van der Waals surface area contributed by atoms with Crippen molar-refractivity contribution >= 4 is 17.4 Å². The van der Waals surface area contributed by atoms with Crippen molar-refractivity contribution in [1.29, 1.82) is 0 Å². The lowest BCUT2D eigenvalue weighted by atomic mass is 10.2. The molecule has 0 N–H and O–H groups in total. The number of ketones is 1. The molecule has 15 heavy (non-hydrogen) atoms. The van der Waals surface area contributed by atoms with E-state index >= 15 is 0 Å². The van der Waals surface area contributed by atoms with Crippen LogP contribution >= 0.6 is 0 Å². The van der Waals surface area contributed by atoms with Crippen LogP contribution in [0.4, 0.5) is 0 Å². The van der Waals surface area contributed by atoms with E-state index in [1.54, 1.807) is 35.1 Å². The van der Waals surface area contributed by atoms with E-state index in [0.717, 1.165) is 5.65 Å². The van der Waals surface area contributed by atoms with E-state index in [4.69, 9.17) is 0 Å². The first-order chi connectivity index (χ1) is 7.22. The van der Waals surface area contributed by atoms with Crippen LogP contribution in [0, 0.1) is 0 Å². The van der Waals surface area contributed by atoms with Crippen LogP contribution in [0.25, 0.3) is 5.65 Å². The standard InChI is InChI=1S/C10H8N2O3/c1-15-10(14)9(13)7-2-3-8-11-4-5-12(8)6-7/h2-6H,1H3. The zero-order valence-electron chi connectivity index (χ0n) is 8.01. The summed E-state index contributed by atoms with van der Waals surface area (Å²) in [7, 11) is 1.18. The van der Waals surface area contributed by atoms with Crippen molar-refractivity contribution in [1.82, 2.24) is 9.38 Å². The highest BCUT2D eigenvalue weighted by Gasteiger charge is 2.16. The van der Waals surface area contributed by atoms with Gasteiger partial charge in [0.1, 0.15) is 5.65 Å². The average molecular weight is 204 g/mol. The molecule has 0 amide bonds. The Hall–Kier alpha value is -2.17. The number of methoxy groups -OCH3 is 1. The molecular weight excluding hydrogens is 196 g/mol. The van der Waals surface area contributed by atoms with Crippen LogP contribution in [0.1, 0.15) is 10.4 Å². The molecule has 0 aromatic carbocycles. The Kier molecular flexibility index (Phi) is 2.21. The molecule has 0 fully saturated rings. The van der Waals surface area contributed by atoms with Gasteiger partial charge in [-0.15, -0.1) is 0 Å². The molecule has 0 aliphatic heterocycles. The monoisotopic (exact) mass is 204 g/mol. The first-order valence-corrected chi connectivity index (χ1v) is 4.28. The summed E-state index contributed by atoms with van der Waals surface area (Å²) < 4.78 is 6.01. The summed E-state index contributed by atoms with van der Waals surface area (Å²) >= 11 is 0. The number of carbonyl (C=O) groups is 2. The average Bonchev–Trinajstić information content (AvgIpc) is 2.73. The molecule has 2 heterocycles. The van der Waals surface area contributed by atoms with Crippen LogP contribution in [-0.2, 0) is 9.53 Å². The summed E-state index contributed by atoms with van der Waals surface area (Å²) in [6, 6.07) is 3.21. The number of fused-ring (bicyclic) bond motifs is 1. The van der Waals surface area contributed by atoms with Crippen molar-refractivity contribution in [3.8, 4) is 0 Å². The Labute approximate surface area is 85.3 Å². The molecule has 2 aromatic heterocycles. The maximum absolute atomic E-state index is 11.4. The fraction of sp³-hybridized carbons (Fsp3) is 0.100. The number of nitrogens with zero attached hydrogens (tertiary/aromatic N) is 2. The summed E-state index contributed by atoms with van der Waals surface area (Å²) in [6.07, 6.45) is 4.85. The first-order valence-electron chi connectivity index (χ1n) is 4.28. The summed E-state index contributed by atoms with van der Waals surface area (Å²) in [6.45, 7) is 0. The molecule has 0 saturated carbocycles. The second kappa shape index (κ2) is 3.53. The van der Waals surface area contributed by atoms with Crippen molar-refractivity contribution in [2.75, 3.05) is 7.11 Å². The zero-order valence-corrected chi connectivity index (χ0v) is 8.01. The third-order valence-electron chi connectivity index (χ3n) is 2.02. The molecule has 0 spiro atoms. The normalized spacial score (nSPS) is 10.2. The van der Waals surface area contributed by atoms with Gasteiger partial charge in [0, 0.05) is 24.2 Å². The maximum atomic E-state index is 11.4. The van der Waals surface area contributed by atoms with Crippen LogP contribution < -0.4 is 0 Å². The Morgan fingerprint density at radius 3 is 2.93 bits per heavy atom. The number of carbonyl (C=O) groups excluding carboxylic acids is 2. The molecule has 5 heteroatoms. The molecule has 76 valence electrons. The van der Waals surface area contributed by atoms with Crippen molar-refractivity contribution in [3.05, 3.63) is 36.3 Å². The molecule has 0 bridgehead atoms. The van der Waals surface area contributed by atoms with Gasteiger partial charge in [-0.1, -0.05) is 0 Å². The van der Waals surface area contributed by atoms with Gasteiger partial charge in [0.15, 0.2) is 0 Å². The number of esters is 1. The van der Waals surface area contributed by atoms with Gasteiger partial charge in [0.25, 0.3) is 5.78 Å². The molecule has 0 radical (unpaired) electrons. The molecule has 2 aromatic rings. The van der Waals surface area contributed by atoms with E-state index < -0.39 is 11.8 Å². The van der Waals surface area contributed by atoms with Gasteiger partial charge in [0.2, 0.25) is 0 Å². The number of rotatable bonds is 2. The minimum atomic E-state index is -0.866. The molecule has 0 aliphatic rings. The van der Waals surface area contributed by atoms with E-state index in [-0.39, 0.29) is 5.56 Å². The van der Waals surface area contributed by atoms with Crippen LogP contribution in [-0.4, -0.2) is 28.2 Å². The number of ether oxygens (including phenoxy) is 1. The number of Topliss-reactive ketones (excluding diaryl/α,β-unsaturated/α-hetero) is 1. The van der Waals surface area contributed by atoms with E-state index in [1.165, 1.54) is 7.11 Å². The third kappa shape index (κ3) is 1.59. The molecule has 0 atom stereocenters. The lowest BCUT2D eigenvalue weighted by Crippen LogP contribution is -2.16. The van der Waals surface area contributed by atoms with Crippen LogP contribution in [0.2, 0.25) is 0 Å². The minimum Gasteiger partial charge on any atom is -0.463 e. The number of hydrogen-bond acceptors (Lipinski definition) is 4. The van der Waals surface area contributed by atoms with E-state index in [0.29, 0.717) is 0 Å². The molecule has 0 unspecified atom stereocenters. The Morgan fingerprint density at radius 1 is 1.40 bits per heavy atom. The molecule has 2 rings (SSSR count). The number of aromatic nitrogens is 2. The van der Waals surface area contributed by atoms with Gasteiger partial charge >= 0.3 is 5.97 Å². The van der Waals surface area contributed by atoms with Crippen molar-refractivity contribution in [3.63, 3.8) is 0 Å². The highest BCUT2D eigenvalue weighted by Crippen LogP contribution is 2.06. The summed E-state index contributed by atoms with van der Waals surface area (Å²) in [5.41, 5.74) is 1.00. The van der Waals surface area contributed by atoms with Gasteiger partial charge < -0.3 is 9.14 Å². The van der Waals surface area contributed by atoms with Gasteiger partial charge in [0.05, 0.1) is 7.11 Å². The van der Waals surface area contributed by atoms with Gasteiger partial charge in [-0.2, -0.15) is 0 Å². The highest BCUT2D eigenvalue weighted by atomic mass is 16.5. The molecular formula is C10H8N2O3. The van der Waals surface area contributed by atoms with Crippen LogP contribution in [0.3, 0.4) is 0 Å². The predicted molar refractivity (Wildman–Crippen MR) is 51.5 cm³/mol. The SMILES string of the molecule is COC(=O)C(=O)c1ccc2nccn2c1. The molecule has 5 nitrogen and oxygen atoms in total. The second-order valence-electron chi connectivity index (χ2n) is 2.93. The second-order valence-corrected chi connectivity index (χ2v) is 2.93. The highest BCUT2D eigenvalue weighted by molar-refractivity contribution is 6.40. The van der Waals surface area contributed by atoms with Crippen LogP contribution in [0.15, 0.2) is 30.7 Å². The van der Waals surface area contributed by atoms with Gasteiger partial charge in [-0.25, -0.2) is 9.78 Å². The topological polar surface area (TPSA) is 60.7 Å². The number of hydrogen-bond donors (Lipinski definition) is 0. The largest absolute Gasteiger partial charge is 0.463 e. The first kappa shape index (κ1) is 9.39. The van der Waals surface area contributed by atoms with E-state index in [9.17, 15) is 9.59 Å². The fourth-order valence-corrected chi connectivity index (χ4v) is 1.26. The Morgan fingerprint density at radius 2 is 2.20 bits per heavy atom. The van der Waals surface area contributed by atoms with E-state index in [1.807, 2.05) is 0 Å². The Balaban J connectivity index is 2.44. The fourth-order valence-electron chi connectivity index (χ4n) is 1.26. The van der Waals surface area contributed by atoms with Crippen molar-refractivity contribution in [2.24, 2.45) is 0 Å². The van der Waals surface area contributed by atoms with Crippen LogP contribution in [0.5, 0.6) is 0 Å². The zero-order chi connectivity index (χ0) is 10.8. The summed E-state index contributed by atoms with van der Waals surface area (Å²) in [5.74, 6) is -1.53. The smallest absolute Gasteiger partial charge is 0.379 e. The quantitative estimate of drug-likeness (QED) is 0.410.